The average molecular weight is 1140 g/mol. The predicted molar refractivity (Wildman–Crippen MR) is 292 cm³/mol. The van der Waals surface area contributed by atoms with E-state index < -0.39 is 91.7 Å². The first-order valence-electron chi connectivity index (χ1n) is 25.2. The van der Waals surface area contributed by atoms with E-state index in [0.29, 0.717) is 33.8 Å². The molecule has 2 aliphatic heterocycles. The lowest BCUT2D eigenvalue weighted by molar-refractivity contribution is -0.100. The molecule has 21 nitrogen and oxygen atoms in total. The minimum absolute atomic E-state index is 0.00997. The number of hydrogen-bond acceptors (Lipinski definition) is 17. The Morgan fingerprint density at radius 2 is 1.26 bits per heavy atom. The van der Waals surface area contributed by atoms with E-state index in [2.05, 4.69) is 35.2 Å². The van der Waals surface area contributed by atoms with Gasteiger partial charge in [0.15, 0.2) is 59.0 Å². The fourth-order valence-corrected chi connectivity index (χ4v) is 11.0. The molecule has 81 heavy (non-hydrogen) atoms. The van der Waals surface area contributed by atoms with Crippen molar-refractivity contribution < 1.29 is 60.9 Å². The van der Waals surface area contributed by atoms with E-state index in [0.717, 1.165) is 6.33 Å². The highest BCUT2D eigenvalue weighted by atomic mass is 32.5. The smallest absolute Gasteiger partial charge is 0.338 e. The highest BCUT2D eigenvalue weighted by Gasteiger charge is 2.52. The number of aromatic amines is 1. The number of halogens is 2. The summed E-state index contributed by atoms with van der Waals surface area (Å²) in [6.07, 6.45) is -9.07. The molecular formula is C56H50F2N9O12PS. The van der Waals surface area contributed by atoms with Crippen LogP contribution in [0.3, 0.4) is 0 Å². The molecular weight excluding hydrogens is 1090 g/mol. The molecule has 1 unspecified atom stereocenters. The molecule has 0 saturated carbocycles. The van der Waals surface area contributed by atoms with Crippen LogP contribution >= 0.6 is 6.49 Å². The number of nitrogens with one attached hydrogen (secondary N) is 2. The highest BCUT2D eigenvalue weighted by Crippen LogP contribution is 2.48. The van der Waals surface area contributed by atoms with Crippen LogP contribution in [-0.2, 0) is 45.6 Å². The summed E-state index contributed by atoms with van der Waals surface area (Å²) in [6, 6.07) is 40.3. The monoisotopic (exact) mass is 1140 g/mol. The fraction of sp³-hybridized carbons (Fsp3) is 0.250. The van der Waals surface area contributed by atoms with Crippen molar-refractivity contribution >= 4 is 58.3 Å². The van der Waals surface area contributed by atoms with Gasteiger partial charge in [-0.1, -0.05) is 91.0 Å². The minimum Gasteiger partial charge on any atom is -0.497 e. The third kappa shape index (κ3) is 11.1. The maximum absolute atomic E-state index is 17.7. The van der Waals surface area contributed by atoms with E-state index in [4.69, 9.17) is 49.5 Å². The van der Waals surface area contributed by atoms with E-state index in [9.17, 15) is 19.3 Å². The molecule has 25 heteroatoms. The molecule has 2 saturated heterocycles. The van der Waals surface area contributed by atoms with Crippen molar-refractivity contribution in [3.63, 3.8) is 0 Å². The topological polar surface area (TPSA) is 247 Å². The molecule has 2 aliphatic rings. The van der Waals surface area contributed by atoms with E-state index in [1.54, 1.807) is 87.0 Å². The number of carbonyl (C=O) groups is 2. The Morgan fingerprint density at radius 1 is 0.691 bits per heavy atom. The lowest BCUT2D eigenvalue weighted by Gasteiger charge is -2.37. The van der Waals surface area contributed by atoms with Crippen LogP contribution in [-0.4, -0.2) is 126 Å². The van der Waals surface area contributed by atoms with Gasteiger partial charge in [-0.3, -0.25) is 18.7 Å². The van der Waals surface area contributed by atoms with Gasteiger partial charge >= 0.3 is 5.97 Å². The van der Waals surface area contributed by atoms with Crippen LogP contribution in [0.2, 0.25) is 0 Å². The van der Waals surface area contributed by atoms with Gasteiger partial charge in [-0.05, 0) is 77.0 Å². The summed E-state index contributed by atoms with van der Waals surface area (Å²) in [5.41, 5.74) is 0.671. The van der Waals surface area contributed by atoms with Crippen LogP contribution in [0.15, 0.2) is 170 Å². The first-order chi connectivity index (χ1) is 39.3. The van der Waals surface area contributed by atoms with Crippen LogP contribution < -0.4 is 20.3 Å². The number of imidazole rings is 2. The van der Waals surface area contributed by atoms with Gasteiger partial charge in [0.25, 0.3) is 11.5 Å². The Hall–Kier alpha value is -8.19. The number of esters is 1. The fourth-order valence-electron chi connectivity index (χ4n) is 9.83. The van der Waals surface area contributed by atoms with E-state index in [-0.39, 0.29) is 40.3 Å². The maximum atomic E-state index is 17.7. The molecule has 0 spiro atoms. The minimum atomic E-state index is -4.16. The van der Waals surface area contributed by atoms with E-state index in [1.165, 1.54) is 40.2 Å². The number of anilines is 1. The van der Waals surface area contributed by atoms with Gasteiger partial charge in [0.2, 0.25) is 6.49 Å². The number of rotatable bonds is 20. The summed E-state index contributed by atoms with van der Waals surface area (Å²) >= 11 is 5.60. The number of H-pyrrole nitrogens is 1. The Bertz CT molecular complexity index is 3730. The number of alkyl halides is 2. The summed E-state index contributed by atoms with van der Waals surface area (Å²) in [5, 5.41) is 2.76. The second-order valence-electron chi connectivity index (χ2n) is 18.7. The quantitative estimate of drug-likeness (QED) is 0.0378. The van der Waals surface area contributed by atoms with Crippen molar-refractivity contribution in [2.45, 2.75) is 54.8 Å². The zero-order valence-electron chi connectivity index (χ0n) is 43.0. The molecule has 6 heterocycles. The molecule has 2 fully saturated rings. The van der Waals surface area contributed by atoms with Crippen LogP contribution in [0.4, 0.5) is 14.6 Å². The van der Waals surface area contributed by atoms with E-state index in [1.807, 2.05) is 54.6 Å². The van der Waals surface area contributed by atoms with Crippen molar-refractivity contribution in [3.8, 4) is 11.5 Å². The van der Waals surface area contributed by atoms with E-state index >= 15 is 8.78 Å². The normalized spacial score (nSPS) is 21.6. The highest BCUT2D eigenvalue weighted by molar-refractivity contribution is 8.09. The Kier molecular flexibility index (Phi) is 15.9. The molecule has 0 bridgehead atoms. The number of amides is 1. The summed E-state index contributed by atoms with van der Waals surface area (Å²) in [4.78, 5) is 74.9. The van der Waals surface area contributed by atoms with Crippen LogP contribution in [0.5, 0.6) is 11.5 Å². The molecule has 4 aromatic heterocycles. The molecule has 9 aromatic rings. The second-order valence-corrected chi connectivity index (χ2v) is 22.2. The molecule has 5 aromatic carbocycles. The van der Waals surface area contributed by atoms with Crippen LogP contribution in [0.25, 0.3) is 22.3 Å². The van der Waals surface area contributed by atoms with Crippen molar-refractivity contribution in [1.82, 2.24) is 39.0 Å². The Morgan fingerprint density at radius 3 is 1.90 bits per heavy atom. The number of benzene rings is 5. The molecule has 9 atom stereocenters. The average Bonchev–Trinajstić information content (AvgIpc) is 4.46. The second kappa shape index (κ2) is 23.5. The zero-order chi connectivity index (χ0) is 56.3. The standard InChI is InChI=1S/C56H50F2N9O12PS/c1-72-38-22-18-36(19-23-38)56(35-16-10-5-11-17-35,37-20-24-39(73-2)25-21-37)75-26-41-46(43(58)53(78-41)66-30-63-44-48(59-28-60-49(44)66)65-51(68)33-12-6-3-7-13-33)74-32-80(71,81)76-27-40-42(57)47(79-55(70)34-14-8-4-9-15-34)54(77-40)67-31-64-45-50(67)61-29-62-52(45)69/h3-25,28-31,40-43,46-47,53-54H,26-27,32H2,1-2H3,(H,71,81)(H,61,62,69)(H,59,60,65,68)/t40-,41-,42-,43-,46-,47-,53-,54-,80?/m1/s1. The summed E-state index contributed by atoms with van der Waals surface area (Å²) in [5.74, 6) is -0.115. The number of aromatic nitrogens is 8. The number of fused-ring (bicyclic) bond motifs is 2. The lowest BCUT2D eigenvalue weighted by atomic mass is 9.80. The van der Waals surface area contributed by atoms with Gasteiger partial charge in [-0.2, -0.15) is 0 Å². The van der Waals surface area contributed by atoms with Crippen molar-refractivity contribution in [2.24, 2.45) is 0 Å². The molecule has 3 N–H and O–H groups in total. The molecule has 0 radical (unpaired) electrons. The predicted octanol–water partition coefficient (Wildman–Crippen LogP) is 7.60. The summed E-state index contributed by atoms with van der Waals surface area (Å²) < 4.78 is 85.9. The van der Waals surface area contributed by atoms with Gasteiger partial charge in [-0.25, -0.2) is 38.5 Å². The molecule has 0 aliphatic carbocycles. The van der Waals surface area contributed by atoms with Gasteiger partial charge in [0.1, 0.15) is 48.1 Å². The van der Waals surface area contributed by atoms with Gasteiger partial charge in [0, 0.05) is 5.56 Å². The number of ether oxygens (including phenoxy) is 7. The third-order valence-electron chi connectivity index (χ3n) is 13.8. The Balaban J connectivity index is 0.891. The molecule has 416 valence electrons. The van der Waals surface area contributed by atoms with Crippen LogP contribution in [0.1, 0.15) is 49.9 Å². The van der Waals surface area contributed by atoms with Crippen molar-refractivity contribution in [1.29, 1.82) is 0 Å². The third-order valence-corrected chi connectivity index (χ3v) is 15.5. The molecule has 1 amide bonds. The first-order valence-corrected chi connectivity index (χ1v) is 28.1. The summed E-state index contributed by atoms with van der Waals surface area (Å²) in [6.45, 7) is -5.22. The number of methoxy groups -OCH3 is 2. The summed E-state index contributed by atoms with van der Waals surface area (Å²) in [7, 11) is 3.11. The largest absolute Gasteiger partial charge is 0.497 e. The zero-order valence-corrected chi connectivity index (χ0v) is 44.7. The SMILES string of the molecule is COc1ccc(C(OC[C@H]2O[C@@H](n3cnc4c(NC(=O)c5ccccc5)ncnc43)[C@H](F)[C@@H]2OCP(O)(=S)OC[C@H]2O[C@@H](n3cnc4c(=O)[nH]cnc43)[C@H](OC(=O)c3ccccc3)[C@@H]2F)(c2ccccc2)c2ccc(OC)cc2)cc1. The van der Waals surface area contributed by atoms with Crippen molar-refractivity contribution in [2.75, 3.05) is 39.1 Å². The van der Waals surface area contributed by atoms with Gasteiger partial charge in [0.05, 0.1) is 52.0 Å². The Labute approximate surface area is 464 Å². The first kappa shape index (κ1) is 54.8. The van der Waals surface area contributed by atoms with Gasteiger partial charge < -0.3 is 52.9 Å². The maximum Gasteiger partial charge on any atom is 0.338 e. The van der Waals surface area contributed by atoms with Gasteiger partial charge in [-0.15, -0.1) is 0 Å². The van der Waals surface area contributed by atoms with Crippen LogP contribution in [0, 0.1) is 0 Å². The number of nitrogens with zero attached hydrogens (tertiary/aromatic N) is 7. The van der Waals surface area contributed by atoms with Crippen molar-refractivity contribution in [3.05, 3.63) is 203 Å². The number of carbonyl (C=O) groups excluding carboxylic acids is 2. The lowest BCUT2D eigenvalue weighted by Crippen LogP contribution is -2.40. The molecule has 11 rings (SSSR count). The number of hydrogen-bond donors (Lipinski definition) is 3.